The number of hydrogen-bond donors (Lipinski definition) is 2. The van der Waals surface area contributed by atoms with Crippen LogP contribution in [0, 0.1) is 11.8 Å². The lowest BCUT2D eigenvalue weighted by Gasteiger charge is -2.29. The van der Waals surface area contributed by atoms with Gasteiger partial charge < -0.3 is 29.7 Å². The van der Waals surface area contributed by atoms with E-state index in [0.717, 1.165) is 74.0 Å². The van der Waals surface area contributed by atoms with Gasteiger partial charge in [-0.3, -0.25) is 9.97 Å². The summed E-state index contributed by atoms with van der Waals surface area (Å²) in [4.78, 5) is 13.4. The molecule has 29 heavy (non-hydrogen) atoms. The highest BCUT2D eigenvalue weighted by Gasteiger charge is 2.40. The average molecular weight is 392 g/mol. The second-order valence-electron chi connectivity index (χ2n) is 8.52. The van der Waals surface area contributed by atoms with E-state index in [2.05, 4.69) is 30.4 Å². The van der Waals surface area contributed by atoms with Gasteiger partial charge in [0.05, 0.1) is 36.2 Å². The van der Waals surface area contributed by atoms with Crippen molar-refractivity contribution in [2.24, 2.45) is 11.8 Å². The largest absolute Gasteiger partial charge is 0.576 e. The van der Waals surface area contributed by atoms with Crippen LogP contribution in [0.2, 0.25) is 0 Å². The molecule has 4 fully saturated rings. The van der Waals surface area contributed by atoms with E-state index in [1.54, 1.807) is 12.4 Å². The minimum Gasteiger partial charge on any atom is -0.527 e. The smallest absolute Gasteiger partial charge is 0.527 e. The molecule has 4 aliphatic heterocycles. The topological polar surface area (TPSA) is 74.8 Å². The Morgan fingerprint density at radius 1 is 0.759 bits per heavy atom. The minimum absolute atomic E-state index is 0.135. The summed E-state index contributed by atoms with van der Waals surface area (Å²) in [6.07, 6.45) is 7.28. The van der Waals surface area contributed by atoms with Crippen LogP contribution in [0.15, 0.2) is 36.9 Å². The first-order valence-corrected chi connectivity index (χ1v) is 10.4. The summed E-state index contributed by atoms with van der Waals surface area (Å²) < 4.78 is 11.6. The van der Waals surface area contributed by atoms with Gasteiger partial charge in [-0.05, 0) is 0 Å². The molecule has 8 nitrogen and oxygen atoms in total. The maximum absolute atomic E-state index is 5.81. The zero-order valence-corrected chi connectivity index (χ0v) is 16.3. The summed E-state index contributed by atoms with van der Waals surface area (Å²) in [6.45, 7) is 6.51. The second kappa shape index (κ2) is 7.07. The molecule has 4 saturated heterocycles. The first kappa shape index (κ1) is 17.4. The molecule has 0 radical (unpaired) electrons. The molecule has 0 unspecified atom stereocenters. The van der Waals surface area contributed by atoms with E-state index in [4.69, 9.17) is 9.31 Å². The number of aromatic nitrogens is 2. The van der Waals surface area contributed by atoms with Crippen LogP contribution in [0.5, 0.6) is 11.5 Å². The Morgan fingerprint density at radius 2 is 1.28 bits per heavy atom. The minimum atomic E-state index is 0.135. The highest BCUT2D eigenvalue weighted by Crippen LogP contribution is 2.31. The van der Waals surface area contributed by atoms with Gasteiger partial charge in [0.25, 0.3) is 0 Å². The molecular weight excluding hydrogens is 367 g/mol. The van der Waals surface area contributed by atoms with E-state index in [1.165, 1.54) is 0 Å². The summed E-state index contributed by atoms with van der Waals surface area (Å²) in [5, 5.41) is 6.96. The summed E-state index contributed by atoms with van der Waals surface area (Å²) in [7, 11) is 0.135. The number of rotatable bonds is 6. The Balaban J connectivity index is 1.05. The van der Waals surface area contributed by atoms with Crippen molar-refractivity contribution in [2.75, 3.05) is 49.1 Å². The van der Waals surface area contributed by atoms with E-state index >= 15 is 0 Å². The van der Waals surface area contributed by atoms with Crippen LogP contribution < -0.4 is 29.7 Å². The first-order chi connectivity index (χ1) is 14.3. The van der Waals surface area contributed by atoms with E-state index < -0.39 is 0 Å². The van der Waals surface area contributed by atoms with Gasteiger partial charge in [0.1, 0.15) is 11.5 Å². The monoisotopic (exact) mass is 392 g/mol. The van der Waals surface area contributed by atoms with Gasteiger partial charge in [-0.1, -0.05) is 0 Å². The molecular formula is C20H25BN6O2. The number of pyridine rings is 2. The summed E-state index contributed by atoms with van der Waals surface area (Å²) >= 11 is 0. The molecule has 0 spiro atoms. The van der Waals surface area contributed by atoms with Crippen molar-refractivity contribution in [3.63, 3.8) is 0 Å². The third kappa shape index (κ3) is 3.28. The number of anilines is 2. The standard InChI is InChI=1S/C20H25BN6O2/c1-15(26-9-13-3-24-19(13)11-26)5-22-7-17(1)28-21-29-18-2-16(6-23-8-18)27-10-14-4-25-20(14)12-27/h1-2,5-8,13-14,19-21,24-25H,3-4,9-12H2/t13-,14-,19-,20-/m1/s1. The van der Waals surface area contributed by atoms with Crippen molar-refractivity contribution in [3.05, 3.63) is 36.9 Å². The predicted octanol–water partition coefficient (Wildman–Crippen LogP) is 0.0169. The Labute approximate surface area is 170 Å². The van der Waals surface area contributed by atoms with Crippen LogP contribution in [0.3, 0.4) is 0 Å². The second-order valence-corrected chi connectivity index (χ2v) is 8.52. The quantitative estimate of drug-likeness (QED) is 0.667. The van der Waals surface area contributed by atoms with Crippen molar-refractivity contribution in [1.29, 1.82) is 0 Å². The number of fused-ring (bicyclic) bond motifs is 2. The van der Waals surface area contributed by atoms with E-state index in [0.29, 0.717) is 12.1 Å². The molecule has 9 heteroatoms. The molecule has 0 saturated carbocycles. The molecule has 0 aliphatic carbocycles. The zero-order valence-electron chi connectivity index (χ0n) is 16.3. The number of nitrogens with zero attached hydrogens (tertiary/aromatic N) is 4. The van der Waals surface area contributed by atoms with E-state index in [-0.39, 0.29) is 7.69 Å². The fraction of sp³-hybridized carbons (Fsp3) is 0.500. The lowest BCUT2D eigenvalue weighted by Crippen LogP contribution is -2.51. The van der Waals surface area contributed by atoms with Gasteiger partial charge in [-0.25, -0.2) is 0 Å². The maximum atomic E-state index is 5.81. The van der Waals surface area contributed by atoms with E-state index in [9.17, 15) is 0 Å². The Bertz CT molecular complexity index is 805. The highest BCUT2D eigenvalue weighted by molar-refractivity contribution is 6.20. The van der Waals surface area contributed by atoms with Crippen molar-refractivity contribution < 1.29 is 9.31 Å². The van der Waals surface area contributed by atoms with Crippen molar-refractivity contribution in [2.45, 2.75) is 12.1 Å². The van der Waals surface area contributed by atoms with Gasteiger partial charge >= 0.3 is 7.69 Å². The van der Waals surface area contributed by atoms with Crippen LogP contribution in [0.1, 0.15) is 0 Å². The van der Waals surface area contributed by atoms with Crippen LogP contribution in [0.4, 0.5) is 11.4 Å². The fourth-order valence-corrected chi connectivity index (χ4v) is 4.81. The molecule has 6 heterocycles. The summed E-state index contributed by atoms with van der Waals surface area (Å²) in [6, 6.07) is 5.35. The normalized spacial score (nSPS) is 29.5. The molecule has 2 N–H and O–H groups in total. The zero-order chi connectivity index (χ0) is 19.2. The maximum Gasteiger partial charge on any atom is 0.576 e. The van der Waals surface area contributed by atoms with E-state index in [1.807, 2.05) is 24.5 Å². The van der Waals surface area contributed by atoms with Crippen LogP contribution in [-0.2, 0) is 0 Å². The average Bonchev–Trinajstić information content (AvgIpc) is 3.18. The van der Waals surface area contributed by atoms with Crippen molar-refractivity contribution in [3.8, 4) is 11.5 Å². The van der Waals surface area contributed by atoms with Gasteiger partial charge in [-0.2, -0.15) is 0 Å². The number of nitrogens with one attached hydrogen (secondary N) is 2. The molecule has 6 rings (SSSR count). The highest BCUT2D eigenvalue weighted by atomic mass is 16.6. The molecule has 2 aromatic rings. The summed E-state index contributed by atoms with van der Waals surface area (Å²) in [5.41, 5.74) is 2.22. The molecule has 4 aliphatic rings. The first-order valence-electron chi connectivity index (χ1n) is 10.4. The van der Waals surface area contributed by atoms with Gasteiger partial charge in [-0.15, -0.1) is 0 Å². The van der Waals surface area contributed by atoms with Crippen LogP contribution in [-0.4, -0.2) is 69.0 Å². The van der Waals surface area contributed by atoms with Gasteiger partial charge in [0.2, 0.25) is 0 Å². The molecule has 0 bridgehead atoms. The van der Waals surface area contributed by atoms with Gasteiger partial charge in [0, 0.05) is 75.3 Å². The summed E-state index contributed by atoms with van der Waals surface area (Å²) in [5.74, 6) is 2.98. The molecule has 0 aromatic carbocycles. The van der Waals surface area contributed by atoms with Gasteiger partial charge in [0.15, 0.2) is 0 Å². The van der Waals surface area contributed by atoms with Crippen molar-refractivity contribution >= 4 is 19.1 Å². The third-order valence-electron chi connectivity index (χ3n) is 6.75. The predicted molar refractivity (Wildman–Crippen MR) is 112 cm³/mol. The lowest BCUT2D eigenvalue weighted by molar-refractivity contribution is 0.297. The SMILES string of the molecule is B(Oc1cncc(N2C[C@H]3CN[C@@H]3C2)c1)Oc1cncc(N2C[C@H]3CN[C@@H]3C2)c1. The number of hydrogen-bond acceptors (Lipinski definition) is 8. The molecule has 2 aromatic heterocycles. The third-order valence-corrected chi connectivity index (χ3v) is 6.75. The van der Waals surface area contributed by atoms with Crippen LogP contribution >= 0.6 is 0 Å². The Hall–Kier alpha value is -2.52. The van der Waals surface area contributed by atoms with Crippen LogP contribution in [0.25, 0.3) is 0 Å². The van der Waals surface area contributed by atoms with Crippen molar-refractivity contribution in [1.82, 2.24) is 20.6 Å². The molecule has 4 atom stereocenters. The Kier molecular flexibility index (Phi) is 4.23. The fourth-order valence-electron chi connectivity index (χ4n) is 4.81. The lowest BCUT2D eigenvalue weighted by atomic mass is 9.96. The Morgan fingerprint density at radius 3 is 1.66 bits per heavy atom. The molecule has 150 valence electrons. The molecule has 0 amide bonds.